The van der Waals surface area contributed by atoms with Crippen LogP contribution in [-0.2, 0) is 54.2 Å². The van der Waals surface area contributed by atoms with Gasteiger partial charge in [0.05, 0.1) is 37.5 Å². The van der Waals surface area contributed by atoms with Crippen molar-refractivity contribution < 1.29 is 57.9 Å². The number of epoxide rings is 1. The second kappa shape index (κ2) is 15.5. The number of benzene rings is 1. The molecule has 4 saturated heterocycles. The summed E-state index contributed by atoms with van der Waals surface area (Å²) in [6, 6.07) is 4.48. The van der Waals surface area contributed by atoms with Crippen LogP contribution in [0.2, 0.25) is 0 Å². The third-order valence-electron chi connectivity index (χ3n) is 13.6. The number of hydrogen-bond acceptors (Lipinski definition) is 13. The number of allylic oxidation sites excluding steroid dienone is 1. The van der Waals surface area contributed by atoms with Gasteiger partial charge in [0.1, 0.15) is 41.5 Å². The fourth-order valence-electron chi connectivity index (χ4n) is 10.3. The van der Waals surface area contributed by atoms with Crippen LogP contribution in [0.3, 0.4) is 0 Å². The Labute approximate surface area is 344 Å². The molecule has 12 unspecified atom stereocenters. The van der Waals surface area contributed by atoms with Crippen LogP contribution in [0.25, 0.3) is 6.08 Å². The standard InChI is InChI=1S/C44H59N3O12/c1-23(49)34(39(51)45-29(22-48)16-18-33(50)56-42(2,3)4)46-41(53)43-20-32-35-36(58-44(57-35,27-12-13-27)28-14-15-28)38(43)59-47(37(43)40(52)55-32)21-26-9-6-24(7-10-26)5-8-25-11-17-30-31(19-25)54-30/h5-10,23,25,27-32,34-38,48-49H,11-22H2,1-4H3,(H,45,51)(H,46,53). The first-order chi connectivity index (χ1) is 28.2. The molecule has 4 saturated carbocycles. The van der Waals surface area contributed by atoms with Gasteiger partial charge in [0.25, 0.3) is 0 Å². The Bertz CT molecular complexity index is 1810. The van der Waals surface area contributed by atoms with Crippen LogP contribution < -0.4 is 10.6 Å². The van der Waals surface area contributed by atoms with Gasteiger partial charge in [-0.1, -0.05) is 36.4 Å². The van der Waals surface area contributed by atoms with Gasteiger partial charge in [0.2, 0.25) is 11.8 Å². The predicted molar refractivity (Wildman–Crippen MR) is 208 cm³/mol. The van der Waals surface area contributed by atoms with E-state index in [-0.39, 0.29) is 37.6 Å². The van der Waals surface area contributed by atoms with Gasteiger partial charge in [0.15, 0.2) is 11.8 Å². The minimum Gasteiger partial charge on any atom is -0.460 e. The summed E-state index contributed by atoms with van der Waals surface area (Å²) in [7, 11) is 0. The normalized spacial score (nSPS) is 35.9. The fraction of sp³-hybridized carbons (Fsp3) is 0.727. The first-order valence-corrected chi connectivity index (χ1v) is 21.7. The molecule has 4 N–H and O–H groups in total. The lowest BCUT2D eigenvalue weighted by Crippen LogP contribution is -2.71. The summed E-state index contributed by atoms with van der Waals surface area (Å²) in [6.45, 7) is 6.29. The molecule has 4 aliphatic heterocycles. The molecule has 15 heteroatoms. The van der Waals surface area contributed by atoms with E-state index in [1.54, 1.807) is 20.8 Å². The lowest BCUT2D eigenvalue weighted by atomic mass is 9.62. The van der Waals surface area contributed by atoms with Crippen LogP contribution in [0.5, 0.6) is 0 Å². The van der Waals surface area contributed by atoms with Crippen molar-refractivity contribution in [2.75, 3.05) is 6.61 Å². The van der Waals surface area contributed by atoms with Crippen molar-refractivity contribution in [1.29, 1.82) is 0 Å². The molecule has 322 valence electrons. The van der Waals surface area contributed by atoms with Crippen LogP contribution in [0.1, 0.15) is 103 Å². The average molecular weight is 822 g/mol. The number of aliphatic hydroxyl groups is 2. The first kappa shape index (κ1) is 40.9. The summed E-state index contributed by atoms with van der Waals surface area (Å²) in [5.41, 5.74) is -0.364. The molecule has 1 aromatic carbocycles. The minimum atomic E-state index is -1.57. The van der Waals surface area contributed by atoms with E-state index >= 15 is 4.79 Å². The average Bonchev–Trinajstić information content (AvgIpc) is 4.09. The minimum absolute atomic E-state index is 0.0627. The summed E-state index contributed by atoms with van der Waals surface area (Å²) in [6.07, 6.45) is 7.94. The zero-order valence-electron chi connectivity index (χ0n) is 34.4. The van der Waals surface area contributed by atoms with Gasteiger partial charge in [-0.3, -0.25) is 24.0 Å². The van der Waals surface area contributed by atoms with Crippen LogP contribution in [-0.4, -0.2) is 118 Å². The highest BCUT2D eigenvalue weighted by Gasteiger charge is 2.78. The van der Waals surface area contributed by atoms with Crippen LogP contribution in [0.4, 0.5) is 0 Å². The largest absolute Gasteiger partial charge is 0.460 e. The quantitative estimate of drug-likeness (QED) is 0.149. The number of fused-ring (bicyclic) bond motifs is 5. The number of ether oxygens (including phenoxy) is 5. The molecule has 0 aromatic heterocycles. The summed E-state index contributed by atoms with van der Waals surface area (Å²) in [5.74, 6) is -2.47. The molecule has 9 rings (SSSR count). The highest BCUT2D eigenvalue weighted by atomic mass is 16.8. The lowest BCUT2D eigenvalue weighted by molar-refractivity contribution is -0.235. The number of esters is 2. The van der Waals surface area contributed by atoms with Gasteiger partial charge >= 0.3 is 11.9 Å². The molecule has 15 nitrogen and oxygen atoms in total. The van der Waals surface area contributed by atoms with Crippen molar-refractivity contribution >= 4 is 29.8 Å². The summed E-state index contributed by atoms with van der Waals surface area (Å²) < 4.78 is 31.0. The van der Waals surface area contributed by atoms with E-state index in [1.807, 2.05) is 24.3 Å². The highest BCUT2D eigenvalue weighted by molar-refractivity contribution is 5.96. The van der Waals surface area contributed by atoms with Crippen LogP contribution >= 0.6 is 0 Å². The number of aliphatic hydroxyl groups excluding tert-OH is 2. The number of rotatable bonds is 15. The maximum atomic E-state index is 15.0. The third kappa shape index (κ3) is 7.97. The van der Waals surface area contributed by atoms with Gasteiger partial charge in [-0.05, 0) is 96.1 Å². The van der Waals surface area contributed by atoms with Gasteiger partial charge in [0, 0.05) is 24.7 Å². The Balaban J connectivity index is 0.956. The molecule has 0 spiro atoms. The molecular formula is C44H59N3O12. The van der Waals surface area contributed by atoms with E-state index in [1.165, 1.54) is 12.0 Å². The molecule has 1 aromatic rings. The number of carbonyl (C=O) groups excluding carboxylic acids is 4. The zero-order valence-corrected chi connectivity index (χ0v) is 34.4. The zero-order chi connectivity index (χ0) is 41.4. The lowest BCUT2D eigenvalue weighted by Gasteiger charge is -2.49. The summed E-state index contributed by atoms with van der Waals surface area (Å²) >= 11 is 0. The van der Waals surface area contributed by atoms with E-state index < -0.39 is 95.8 Å². The molecule has 8 fully saturated rings. The number of hydroxylamine groups is 2. The molecule has 4 heterocycles. The second-order valence-electron chi connectivity index (χ2n) is 19.3. The SMILES string of the molecule is CC(O)C(NC(=O)C12CC3OC(=O)C1N(Cc1ccc(C=CC4CCC5OC5C4)cc1)OC2C1OC(C2CC2)(C2CC2)OC31)C(=O)NC(CO)CCC(=O)OC(C)(C)C. The number of nitrogens with one attached hydrogen (secondary N) is 2. The molecule has 2 bridgehead atoms. The number of hydrogen-bond donors (Lipinski definition) is 4. The Morgan fingerprint density at radius 1 is 0.983 bits per heavy atom. The summed E-state index contributed by atoms with van der Waals surface area (Å²) in [5, 5.41) is 28.0. The molecule has 12 atom stereocenters. The highest BCUT2D eigenvalue weighted by Crippen LogP contribution is 2.64. The van der Waals surface area contributed by atoms with E-state index in [2.05, 4.69) is 22.8 Å². The van der Waals surface area contributed by atoms with Gasteiger partial charge in [-0.15, -0.1) is 0 Å². The number of carbonyl (C=O) groups is 4. The van der Waals surface area contributed by atoms with Crippen molar-refractivity contribution in [3.63, 3.8) is 0 Å². The maximum Gasteiger partial charge on any atom is 0.327 e. The molecule has 2 amide bonds. The van der Waals surface area contributed by atoms with Gasteiger partial charge < -0.3 is 44.5 Å². The Morgan fingerprint density at radius 2 is 1.69 bits per heavy atom. The second-order valence-corrected chi connectivity index (χ2v) is 19.3. The Kier molecular flexibility index (Phi) is 10.7. The van der Waals surface area contributed by atoms with Crippen molar-refractivity contribution in [2.45, 2.75) is 171 Å². The molecular weight excluding hydrogens is 762 g/mol. The Hall–Kier alpha value is -3.44. The van der Waals surface area contributed by atoms with E-state index in [0.717, 1.165) is 56.1 Å². The monoisotopic (exact) mass is 821 g/mol. The topological polar surface area (TPSA) is 195 Å². The van der Waals surface area contributed by atoms with Crippen molar-refractivity contribution in [2.24, 2.45) is 23.2 Å². The van der Waals surface area contributed by atoms with Crippen molar-refractivity contribution in [3.05, 3.63) is 41.5 Å². The number of nitrogens with zero attached hydrogens (tertiary/aromatic N) is 1. The number of amides is 2. The molecule has 4 aliphatic carbocycles. The molecule has 0 radical (unpaired) electrons. The van der Waals surface area contributed by atoms with Crippen LogP contribution in [0.15, 0.2) is 30.3 Å². The smallest absolute Gasteiger partial charge is 0.327 e. The first-order valence-electron chi connectivity index (χ1n) is 21.7. The Morgan fingerprint density at radius 3 is 2.34 bits per heavy atom. The maximum absolute atomic E-state index is 15.0. The van der Waals surface area contributed by atoms with Crippen molar-refractivity contribution in [3.8, 4) is 0 Å². The van der Waals surface area contributed by atoms with E-state index in [9.17, 15) is 24.6 Å². The molecule has 59 heavy (non-hydrogen) atoms. The molecule has 8 aliphatic rings. The van der Waals surface area contributed by atoms with E-state index in [4.69, 9.17) is 28.5 Å². The van der Waals surface area contributed by atoms with E-state index in [0.29, 0.717) is 18.1 Å². The van der Waals surface area contributed by atoms with Crippen molar-refractivity contribution in [1.82, 2.24) is 15.7 Å². The third-order valence-corrected chi connectivity index (χ3v) is 13.6. The predicted octanol–water partition coefficient (Wildman–Crippen LogP) is 2.83. The fourth-order valence-corrected chi connectivity index (χ4v) is 10.3. The van der Waals surface area contributed by atoms with Gasteiger partial charge in [-0.25, -0.2) is 0 Å². The van der Waals surface area contributed by atoms with Crippen LogP contribution in [0, 0.1) is 23.2 Å². The van der Waals surface area contributed by atoms with Gasteiger partial charge in [-0.2, -0.15) is 5.06 Å². The summed E-state index contributed by atoms with van der Waals surface area (Å²) in [4.78, 5) is 62.2.